The van der Waals surface area contributed by atoms with Crippen molar-refractivity contribution in [1.82, 2.24) is 15.5 Å². The fraction of sp³-hybridized carbons (Fsp3) is 0.364. The fourth-order valence-corrected chi connectivity index (χ4v) is 4.22. The Labute approximate surface area is 171 Å². The average Bonchev–Trinajstić information content (AvgIpc) is 2.74. The first-order valence-electron chi connectivity index (χ1n) is 9.78. The molecular formula is C22H25N3O2S. The summed E-state index contributed by atoms with van der Waals surface area (Å²) in [5.41, 5.74) is 1.61. The van der Waals surface area contributed by atoms with Gasteiger partial charge in [-0.15, -0.1) is 0 Å². The SMILES string of the molecule is O=C(NC(=S)NC1CN2CCC1CC2)c1cccc(OCc2ccccc2)c1. The lowest BCUT2D eigenvalue weighted by molar-refractivity contribution is 0.0807. The van der Waals surface area contributed by atoms with Crippen molar-refractivity contribution in [3.63, 3.8) is 0 Å². The van der Waals surface area contributed by atoms with Crippen LogP contribution in [0, 0.1) is 5.92 Å². The maximum Gasteiger partial charge on any atom is 0.257 e. The van der Waals surface area contributed by atoms with Gasteiger partial charge in [-0.2, -0.15) is 0 Å². The second kappa shape index (κ2) is 8.71. The number of amides is 1. The summed E-state index contributed by atoms with van der Waals surface area (Å²) >= 11 is 5.38. The first-order valence-corrected chi connectivity index (χ1v) is 10.2. The number of carbonyl (C=O) groups is 1. The summed E-state index contributed by atoms with van der Waals surface area (Å²) in [6.45, 7) is 3.82. The van der Waals surface area contributed by atoms with E-state index in [0.717, 1.165) is 12.1 Å². The highest BCUT2D eigenvalue weighted by Crippen LogP contribution is 2.27. The van der Waals surface area contributed by atoms with E-state index in [1.807, 2.05) is 42.5 Å². The van der Waals surface area contributed by atoms with Gasteiger partial charge in [-0.1, -0.05) is 36.4 Å². The first-order chi connectivity index (χ1) is 13.7. The van der Waals surface area contributed by atoms with Gasteiger partial charge in [0.2, 0.25) is 0 Å². The molecule has 3 heterocycles. The van der Waals surface area contributed by atoms with E-state index >= 15 is 0 Å². The standard InChI is InChI=1S/C22H25N3O2S/c26-21(24-22(28)23-20-14-25-11-9-17(20)10-12-25)18-7-4-8-19(13-18)27-15-16-5-2-1-3-6-16/h1-8,13,17,20H,9-12,14-15H2,(H2,23,24,26,28). The molecule has 3 aliphatic heterocycles. The van der Waals surface area contributed by atoms with Crippen molar-refractivity contribution < 1.29 is 9.53 Å². The molecule has 0 radical (unpaired) electrons. The summed E-state index contributed by atoms with van der Waals surface area (Å²) in [6.07, 6.45) is 2.41. The Morgan fingerprint density at radius 3 is 2.61 bits per heavy atom. The van der Waals surface area contributed by atoms with Crippen molar-refractivity contribution in [3.05, 3.63) is 65.7 Å². The summed E-state index contributed by atoms with van der Waals surface area (Å²) in [7, 11) is 0. The molecule has 0 spiro atoms. The van der Waals surface area contributed by atoms with Gasteiger partial charge in [0.05, 0.1) is 0 Å². The van der Waals surface area contributed by atoms with Crippen molar-refractivity contribution in [2.75, 3.05) is 19.6 Å². The molecule has 3 aliphatic rings. The third-order valence-electron chi connectivity index (χ3n) is 5.54. The Balaban J connectivity index is 1.31. The van der Waals surface area contributed by atoms with Crippen LogP contribution in [0.25, 0.3) is 0 Å². The van der Waals surface area contributed by atoms with Crippen molar-refractivity contribution in [1.29, 1.82) is 0 Å². The van der Waals surface area contributed by atoms with Crippen LogP contribution in [0.15, 0.2) is 54.6 Å². The summed E-state index contributed by atoms with van der Waals surface area (Å²) < 4.78 is 5.81. The molecule has 6 heteroatoms. The quantitative estimate of drug-likeness (QED) is 0.763. The smallest absolute Gasteiger partial charge is 0.257 e. The maximum absolute atomic E-state index is 12.6. The topological polar surface area (TPSA) is 53.6 Å². The number of ether oxygens (including phenoxy) is 1. The molecule has 1 amide bonds. The number of rotatable bonds is 5. The second-order valence-corrected chi connectivity index (χ2v) is 7.88. The van der Waals surface area contributed by atoms with E-state index in [-0.39, 0.29) is 5.91 Å². The van der Waals surface area contributed by atoms with Crippen LogP contribution in [0.4, 0.5) is 0 Å². The largest absolute Gasteiger partial charge is 0.489 e. The zero-order valence-corrected chi connectivity index (χ0v) is 16.6. The number of carbonyl (C=O) groups excluding carboxylic acids is 1. The Kier molecular flexibility index (Phi) is 5.88. The van der Waals surface area contributed by atoms with Gasteiger partial charge in [0.15, 0.2) is 5.11 Å². The van der Waals surface area contributed by atoms with Gasteiger partial charge in [-0.3, -0.25) is 10.1 Å². The molecule has 3 saturated heterocycles. The average molecular weight is 396 g/mol. The van der Waals surface area contributed by atoms with Crippen LogP contribution in [0.3, 0.4) is 0 Å². The van der Waals surface area contributed by atoms with Crippen LogP contribution in [0.2, 0.25) is 0 Å². The molecule has 28 heavy (non-hydrogen) atoms. The van der Waals surface area contributed by atoms with Gasteiger partial charge in [0, 0.05) is 18.2 Å². The van der Waals surface area contributed by atoms with Gasteiger partial charge >= 0.3 is 0 Å². The molecule has 5 nitrogen and oxygen atoms in total. The minimum absolute atomic E-state index is 0.219. The van der Waals surface area contributed by atoms with Gasteiger partial charge in [-0.25, -0.2) is 0 Å². The molecular weight excluding hydrogens is 370 g/mol. The van der Waals surface area contributed by atoms with Crippen LogP contribution in [0.1, 0.15) is 28.8 Å². The number of thiocarbonyl (C=S) groups is 1. The van der Waals surface area contributed by atoms with Crippen LogP contribution in [0.5, 0.6) is 5.75 Å². The van der Waals surface area contributed by atoms with Crippen molar-refractivity contribution >= 4 is 23.2 Å². The lowest BCUT2D eigenvalue weighted by atomic mass is 9.84. The number of benzene rings is 2. The summed E-state index contributed by atoms with van der Waals surface area (Å²) in [5, 5.41) is 6.55. The highest BCUT2D eigenvalue weighted by molar-refractivity contribution is 7.80. The Morgan fingerprint density at radius 1 is 1.11 bits per heavy atom. The molecule has 1 atom stereocenters. The van der Waals surface area contributed by atoms with Crippen LogP contribution in [-0.2, 0) is 6.61 Å². The molecule has 2 N–H and O–H groups in total. The minimum Gasteiger partial charge on any atom is -0.489 e. The fourth-order valence-electron chi connectivity index (χ4n) is 3.98. The van der Waals surface area contributed by atoms with Gasteiger partial charge < -0.3 is 15.0 Å². The number of hydrogen-bond donors (Lipinski definition) is 2. The number of fused-ring (bicyclic) bond motifs is 3. The van der Waals surface area contributed by atoms with E-state index in [2.05, 4.69) is 15.5 Å². The van der Waals surface area contributed by atoms with E-state index in [1.165, 1.54) is 25.9 Å². The molecule has 0 aromatic heterocycles. The molecule has 146 valence electrons. The Bertz CT molecular complexity index is 835. The molecule has 5 rings (SSSR count). The van der Waals surface area contributed by atoms with E-state index < -0.39 is 0 Å². The normalized spacial score (nSPS) is 23.1. The second-order valence-electron chi connectivity index (χ2n) is 7.47. The monoisotopic (exact) mass is 395 g/mol. The van der Waals surface area contributed by atoms with Crippen molar-refractivity contribution in [2.45, 2.75) is 25.5 Å². The molecule has 2 bridgehead atoms. The lowest BCUT2D eigenvalue weighted by Gasteiger charge is -2.45. The van der Waals surface area contributed by atoms with Gasteiger partial charge in [0.1, 0.15) is 12.4 Å². The number of piperidine rings is 3. The van der Waals surface area contributed by atoms with Gasteiger partial charge in [0.25, 0.3) is 5.91 Å². The third kappa shape index (κ3) is 4.69. The summed E-state index contributed by atoms with van der Waals surface area (Å²) in [4.78, 5) is 15.0. The molecule has 0 saturated carbocycles. The zero-order valence-electron chi connectivity index (χ0n) is 15.8. The Morgan fingerprint density at radius 2 is 1.89 bits per heavy atom. The predicted octanol–water partition coefficient (Wildman–Crippen LogP) is 2.96. The third-order valence-corrected chi connectivity index (χ3v) is 5.76. The van der Waals surface area contributed by atoms with E-state index in [1.54, 1.807) is 12.1 Å². The molecule has 1 unspecified atom stereocenters. The highest BCUT2D eigenvalue weighted by atomic mass is 32.1. The summed E-state index contributed by atoms with van der Waals surface area (Å²) in [5.74, 6) is 1.09. The van der Waals surface area contributed by atoms with Crippen LogP contribution >= 0.6 is 12.2 Å². The Hall–Kier alpha value is -2.44. The molecule has 3 fully saturated rings. The van der Waals surface area contributed by atoms with Crippen LogP contribution < -0.4 is 15.4 Å². The zero-order chi connectivity index (χ0) is 19.3. The van der Waals surface area contributed by atoms with Crippen molar-refractivity contribution in [2.24, 2.45) is 5.92 Å². The number of hydrogen-bond acceptors (Lipinski definition) is 4. The predicted molar refractivity (Wildman–Crippen MR) is 113 cm³/mol. The lowest BCUT2D eigenvalue weighted by Crippen LogP contribution is -2.59. The minimum atomic E-state index is -0.219. The molecule has 2 aromatic carbocycles. The summed E-state index contributed by atoms with van der Waals surface area (Å²) in [6, 6.07) is 17.5. The molecule has 2 aromatic rings. The van der Waals surface area contributed by atoms with Gasteiger partial charge in [-0.05, 0) is 67.8 Å². The first kappa shape index (κ1) is 18.9. The number of nitrogens with zero attached hydrogens (tertiary/aromatic N) is 1. The van der Waals surface area contributed by atoms with E-state index in [9.17, 15) is 4.79 Å². The van der Waals surface area contributed by atoms with Crippen LogP contribution in [-0.4, -0.2) is 41.6 Å². The molecule has 0 aliphatic carbocycles. The maximum atomic E-state index is 12.6. The van der Waals surface area contributed by atoms with Crippen molar-refractivity contribution in [3.8, 4) is 5.75 Å². The van der Waals surface area contributed by atoms with E-state index in [0.29, 0.717) is 35.0 Å². The number of nitrogens with one attached hydrogen (secondary N) is 2. The van der Waals surface area contributed by atoms with E-state index in [4.69, 9.17) is 17.0 Å². The highest BCUT2D eigenvalue weighted by Gasteiger charge is 2.34.